The Balaban J connectivity index is 2.03. The van der Waals surface area contributed by atoms with Crippen LogP contribution in [0.3, 0.4) is 0 Å². The van der Waals surface area contributed by atoms with Crippen molar-refractivity contribution in [3.63, 3.8) is 0 Å². The normalized spacial score (nSPS) is 11.2. The van der Waals surface area contributed by atoms with Crippen molar-refractivity contribution in [1.29, 1.82) is 0 Å². The first-order chi connectivity index (χ1) is 10.7. The molecule has 3 heterocycles. The molecule has 3 aromatic heterocycles. The molecule has 0 aliphatic rings. The Bertz CT molecular complexity index is 887. The van der Waals surface area contributed by atoms with Crippen LogP contribution >= 0.6 is 0 Å². The zero-order chi connectivity index (χ0) is 15.1. The summed E-state index contributed by atoms with van der Waals surface area (Å²) in [5, 5.41) is 0. The number of hydrogen-bond donors (Lipinski definition) is 0. The van der Waals surface area contributed by atoms with E-state index in [0.29, 0.717) is 22.9 Å². The largest absolute Gasteiger partial charge is 0.460 e. The van der Waals surface area contributed by atoms with Crippen molar-refractivity contribution in [2.24, 2.45) is 0 Å². The Morgan fingerprint density at radius 3 is 1.45 bits per heavy atom. The molecule has 0 aliphatic heterocycles. The molecule has 4 rings (SSSR count). The summed E-state index contributed by atoms with van der Waals surface area (Å²) in [5.74, 6) is 3.07. The highest BCUT2D eigenvalue weighted by Gasteiger charge is 2.18. The third-order valence-electron chi connectivity index (χ3n) is 3.52. The molecule has 0 saturated heterocycles. The quantitative estimate of drug-likeness (QED) is 0.533. The molecule has 4 nitrogen and oxygen atoms in total. The maximum atomic E-state index is 5.74. The molecule has 0 bridgehead atoms. The third kappa shape index (κ3) is 2.09. The predicted molar refractivity (Wildman–Crippen MR) is 84.4 cm³/mol. The minimum atomic E-state index is 0.694. The molecule has 108 valence electrons. The van der Waals surface area contributed by atoms with Crippen LogP contribution in [0, 0.1) is 13.8 Å². The van der Waals surface area contributed by atoms with E-state index in [2.05, 4.69) is 0 Å². The Morgan fingerprint density at radius 2 is 1.09 bits per heavy atom. The van der Waals surface area contributed by atoms with E-state index in [0.717, 1.165) is 22.6 Å². The Kier molecular flexibility index (Phi) is 2.82. The van der Waals surface area contributed by atoms with E-state index >= 15 is 0 Å². The van der Waals surface area contributed by atoms with Crippen LogP contribution < -0.4 is 0 Å². The molecule has 4 heteroatoms. The second kappa shape index (κ2) is 4.84. The monoisotopic (exact) mass is 290 g/mol. The Labute approximate surface area is 127 Å². The molecule has 0 radical (unpaired) electrons. The number of fused-ring (bicyclic) bond motifs is 1. The van der Waals surface area contributed by atoms with Crippen molar-refractivity contribution in [2.45, 2.75) is 13.8 Å². The minimum absolute atomic E-state index is 0.694. The fourth-order valence-electron chi connectivity index (χ4n) is 2.47. The number of aryl methyl sites for hydroxylation is 2. The lowest BCUT2D eigenvalue weighted by molar-refractivity contribution is 0.539. The van der Waals surface area contributed by atoms with Crippen molar-refractivity contribution in [2.75, 3.05) is 0 Å². The number of aromatic nitrogens is 2. The summed E-state index contributed by atoms with van der Waals surface area (Å²) in [6.07, 6.45) is 0. The van der Waals surface area contributed by atoms with E-state index in [1.54, 1.807) is 0 Å². The van der Waals surface area contributed by atoms with E-state index in [9.17, 15) is 0 Å². The van der Waals surface area contributed by atoms with Crippen LogP contribution in [0.25, 0.3) is 33.9 Å². The molecule has 0 aliphatic carbocycles. The van der Waals surface area contributed by atoms with Crippen LogP contribution in [-0.2, 0) is 0 Å². The third-order valence-corrected chi connectivity index (χ3v) is 3.52. The van der Waals surface area contributed by atoms with Gasteiger partial charge in [0.05, 0.1) is 11.0 Å². The molecule has 1 aromatic carbocycles. The molecule has 0 unspecified atom stereocenters. The molecule has 0 spiro atoms. The average Bonchev–Trinajstić information content (AvgIpc) is 3.14. The summed E-state index contributed by atoms with van der Waals surface area (Å²) in [7, 11) is 0. The molecule has 0 fully saturated rings. The van der Waals surface area contributed by atoms with Gasteiger partial charge < -0.3 is 8.83 Å². The SMILES string of the molecule is Cc1ccc(-c2nc3ccccc3nc2-c2ccc(C)o2)o1. The highest BCUT2D eigenvalue weighted by atomic mass is 16.3. The summed E-state index contributed by atoms with van der Waals surface area (Å²) in [6.45, 7) is 3.82. The van der Waals surface area contributed by atoms with E-state index in [1.807, 2.05) is 62.4 Å². The van der Waals surface area contributed by atoms with Gasteiger partial charge in [-0.2, -0.15) is 0 Å². The number of hydrogen-bond acceptors (Lipinski definition) is 4. The van der Waals surface area contributed by atoms with Gasteiger partial charge in [0, 0.05) is 0 Å². The zero-order valence-electron chi connectivity index (χ0n) is 12.3. The van der Waals surface area contributed by atoms with Gasteiger partial charge in [-0.3, -0.25) is 0 Å². The van der Waals surface area contributed by atoms with E-state index in [4.69, 9.17) is 18.8 Å². The Hall–Kier alpha value is -2.88. The number of benzene rings is 1. The second-order valence-corrected chi connectivity index (χ2v) is 5.23. The first-order valence-electron chi connectivity index (χ1n) is 7.11. The molecule has 0 saturated carbocycles. The van der Waals surface area contributed by atoms with Crippen LogP contribution in [0.1, 0.15) is 11.5 Å². The van der Waals surface area contributed by atoms with Crippen molar-refractivity contribution in [1.82, 2.24) is 9.97 Å². The molecule has 0 amide bonds. The lowest BCUT2D eigenvalue weighted by Gasteiger charge is -2.06. The molecular weight excluding hydrogens is 276 g/mol. The van der Waals surface area contributed by atoms with Gasteiger partial charge in [-0.1, -0.05) is 12.1 Å². The number of furan rings is 2. The van der Waals surface area contributed by atoms with Gasteiger partial charge in [-0.25, -0.2) is 9.97 Å². The second-order valence-electron chi connectivity index (χ2n) is 5.23. The summed E-state index contributed by atoms with van der Waals surface area (Å²) < 4.78 is 11.5. The van der Waals surface area contributed by atoms with Gasteiger partial charge in [-0.15, -0.1) is 0 Å². The Morgan fingerprint density at radius 1 is 0.636 bits per heavy atom. The van der Waals surface area contributed by atoms with Gasteiger partial charge >= 0.3 is 0 Å². The molecular formula is C18H14N2O2. The molecule has 22 heavy (non-hydrogen) atoms. The summed E-state index contributed by atoms with van der Waals surface area (Å²) >= 11 is 0. The fraction of sp³-hybridized carbons (Fsp3) is 0.111. The van der Waals surface area contributed by atoms with Crippen LogP contribution in [0.4, 0.5) is 0 Å². The smallest absolute Gasteiger partial charge is 0.155 e. The topological polar surface area (TPSA) is 52.1 Å². The van der Waals surface area contributed by atoms with Crippen molar-refractivity contribution < 1.29 is 8.83 Å². The van der Waals surface area contributed by atoms with Crippen LogP contribution in [0.5, 0.6) is 0 Å². The first kappa shape index (κ1) is 12.8. The van der Waals surface area contributed by atoms with Gasteiger partial charge in [0.1, 0.15) is 22.9 Å². The standard InChI is InChI=1S/C18H14N2O2/c1-11-7-9-15(21-11)17-18(16-10-8-12(2)22-16)20-14-6-4-3-5-13(14)19-17/h3-10H,1-2H3. The summed E-state index contributed by atoms with van der Waals surface area (Å²) in [4.78, 5) is 9.46. The lowest BCUT2D eigenvalue weighted by atomic mass is 10.2. The van der Waals surface area contributed by atoms with Gasteiger partial charge in [-0.05, 0) is 50.2 Å². The van der Waals surface area contributed by atoms with Crippen LogP contribution in [0.15, 0.2) is 57.4 Å². The number of nitrogens with zero attached hydrogens (tertiary/aromatic N) is 2. The number of rotatable bonds is 2. The van der Waals surface area contributed by atoms with Crippen LogP contribution in [0.2, 0.25) is 0 Å². The minimum Gasteiger partial charge on any atom is -0.460 e. The van der Waals surface area contributed by atoms with Crippen molar-refractivity contribution >= 4 is 11.0 Å². The van der Waals surface area contributed by atoms with E-state index in [-0.39, 0.29) is 0 Å². The molecule has 0 atom stereocenters. The van der Waals surface area contributed by atoms with Crippen molar-refractivity contribution in [3.05, 3.63) is 60.1 Å². The predicted octanol–water partition coefficient (Wildman–Crippen LogP) is 4.77. The highest BCUT2D eigenvalue weighted by Crippen LogP contribution is 2.32. The van der Waals surface area contributed by atoms with E-state index < -0.39 is 0 Å². The summed E-state index contributed by atoms with van der Waals surface area (Å²) in [6, 6.07) is 15.4. The molecule has 0 N–H and O–H groups in total. The maximum Gasteiger partial charge on any atom is 0.155 e. The van der Waals surface area contributed by atoms with Crippen LogP contribution in [-0.4, -0.2) is 9.97 Å². The maximum absolute atomic E-state index is 5.74. The number of para-hydroxylation sites is 2. The highest BCUT2D eigenvalue weighted by molar-refractivity contribution is 5.83. The fourth-order valence-corrected chi connectivity index (χ4v) is 2.47. The zero-order valence-corrected chi connectivity index (χ0v) is 12.3. The van der Waals surface area contributed by atoms with Gasteiger partial charge in [0.2, 0.25) is 0 Å². The van der Waals surface area contributed by atoms with Gasteiger partial charge in [0.15, 0.2) is 11.5 Å². The van der Waals surface area contributed by atoms with Crippen molar-refractivity contribution in [3.8, 4) is 22.9 Å². The first-order valence-corrected chi connectivity index (χ1v) is 7.11. The van der Waals surface area contributed by atoms with Gasteiger partial charge in [0.25, 0.3) is 0 Å². The van der Waals surface area contributed by atoms with E-state index in [1.165, 1.54) is 0 Å². The summed E-state index contributed by atoms with van der Waals surface area (Å²) in [5.41, 5.74) is 3.06. The molecule has 4 aromatic rings. The lowest BCUT2D eigenvalue weighted by Crippen LogP contribution is -1.93. The average molecular weight is 290 g/mol.